The monoisotopic (exact) mass is 996 g/mol. The van der Waals surface area contributed by atoms with Gasteiger partial charge in [-0.25, -0.2) is 15.0 Å². The van der Waals surface area contributed by atoms with E-state index in [1.54, 1.807) is 0 Å². The van der Waals surface area contributed by atoms with E-state index in [-0.39, 0.29) is 5.41 Å². The van der Waals surface area contributed by atoms with Crippen molar-refractivity contribution in [2.45, 2.75) is 24.7 Å². The predicted molar refractivity (Wildman–Crippen MR) is 317 cm³/mol. The van der Waals surface area contributed by atoms with Crippen molar-refractivity contribution in [3.8, 4) is 78.7 Å². The van der Waals surface area contributed by atoms with Crippen molar-refractivity contribution in [1.82, 2.24) is 15.0 Å². The SMILES string of the molecule is CC1(C)c2ccccc2-c2c(N(c3ccc(-c4ccc5oc6cccc(-c7nc(-c8ccccc8)nc(-c8ccccc8)n7)c6c5c4)cc3)c3cccc4c3-c3ccccc3C43c4ccccc4-c4ccccc43)cccc21. The lowest BCUT2D eigenvalue weighted by Gasteiger charge is -2.32. The van der Waals surface area contributed by atoms with Crippen molar-refractivity contribution in [3.63, 3.8) is 0 Å². The van der Waals surface area contributed by atoms with E-state index in [0.29, 0.717) is 17.5 Å². The molecule has 0 amide bonds. The highest BCUT2D eigenvalue weighted by atomic mass is 16.3. The zero-order valence-corrected chi connectivity index (χ0v) is 42.9. The van der Waals surface area contributed by atoms with Crippen LogP contribution in [0.1, 0.15) is 47.2 Å². The molecule has 11 aromatic carbocycles. The zero-order valence-electron chi connectivity index (χ0n) is 42.9. The van der Waals surface area contributed by atoms with Crippen LogP contribution in [0.25, 0.3) is 101 Å². The fraction of sp³-hybridized carbons (Fsp3) is 0.0548. The summed E-state index contributed by atoms with van der Waals surface area (Å²) in [6.45, 7) is 4.74. The summed E-state index contributed by atoms with van der Waals surface area (Å²) in [5.74, 6) is 1.82. The molecule has 3 aliphatic carbocycles. The van der Waals surface area contributed by atoms with Crippen LogP contribution in [-0.2, 0) is 10.8 Å². The van der Waals surface area contributed by atoms with Gasteiger partial charge in [0.25, 0.3) is 0 Å². The van der Waals surface area contributed by atoms with E-state index in [4.69, 9.17) is 19.4 Å². The molecule has 3 aliphatic rings. The summed E-state index contributed by atoms with van der Waals surface area (Å²) < 4.78 is 6.62. The molecule has 78 heavy (non-hydrogen) atoms. The molecule has 16 rings (SSSR count). The molecule has 5 nitrogen and oxygen atoms in total. The molecule has 366 valence electrons. The second kappa shape index (κ2) is 16.8. The smallest absolute Gasteiger partial charge is 0.164 e. The topological polar surface area (TPSA) is 55.1 Å². The third kappa shape index (κ3) is 6.27. The minimum absolute atomic E-state index is 0.183. The Bertz CT molecular complexity index is 4490. The van der Waals surface area contributed by atoms with Crippen molar-refractivity contribution in [3.05, 3.63) is 288 Å². The number of fused-ring (bicyclic) bond motifs is 16. The molecule has 13 aromatic rings. The average molecular weight is 997 g/mol. The quantitative estimate of drug-likeness (QED) is 0.159. The molecule has 0 radical (unpaired) electrons. The number of hydrogen-bond donors (Lipinski definition) is 0. The molecule has 0 N–H and O–H groups in total. The lowest BCUT2D eigenvalue weighted by atomic mass is 9.70. The summed E-state index contributed by atoms with van der Waals surface area (Å²) in [5, 5.41) is 1.96. The van der Waals surface area contributed by atoms with Gasteiger partial charge in [0.15, 0.2) is 17.5 Å². The number of benzene rings is 11. The van der Waals surface area contributed by atoms with Gasteiger partial charge < -0.3 is 9.32 Å². The first-order valence-electron chi connectivity index (χ1n) is 26.8. The van der Waals surface area contributed by atoms with E-state index in [1.165, 1.54) is 66.8 Å². The number of aromatic nitrogens is 3. The van der Waals surface area contributed by atoms with Gasteiger partial charge in [-0.05, 0) is 109 Å². The van der Waals surface area contributed by atoms with Gasteiger partial charge in [-0.15, -0.1) is 0 Å². The summed E-state index contributed by atoms with van der Waals surface area (Å²) in [6.07, 6.45) is 0. The Morgan fingerprint density at radius 3 is 1.42 bits per heavy atom. The second-order valence-electron chi connectivity index (χ2n) is 21.4. The Balaban J connectivity index is 0.878. The van der Waals surface area contributed by atoms with Gasteiger partial charge in [0.1, 0.15) is 11.2 Å². The van der Waals surface area contributed by atoms with Crippen LogP contribution >= 0.6 is 0 Å². The molecule has 0 fully saturated rings. The third-order valence-electron chi connectivity index (χ3n) is 17.0. The molecule has 0 saturated heterocycles. The molecule has 2 aromatic heterocycles. The molecular weight excluding hydrogens is 949 g/mol. The lowest BCUT2D eigenvalue weighted by Crippen LogP contribution is -2.26. The molecule has 5 heteroatoms. The van der Waals surface area contributed by atoms with Crippen LogP contribution < -0.4 is 4.90 Å². The number of anilines is 3. The fourth-order valence-electron chi connectivity index (χ4n) is 13.6. The lowest BCUT2D eigenvalue weighted by molar-refractivity contribution is 0.660. The number of hydrogen-bond acceptors (Lipinski definition) is 5. The van der Waals surface area contributed by atoms with Crippen molar-refractivity contribution >= 4 is 39.0 Å². The molecule has 0 saturated carbocycles. The molecule has 2 heterocycles. The third-order valence-corrected chi connectivity index (χ3v) is 17.0. The highest BCUT2D eigenvalue weighted by Gasteiger charge is 2.52. The number of furan rings is 1. The second-order valence-corrected chi connectivity index (χ2v) is 21.4. The van der Waals surface area contributed by atoms with Crippen LogP contribution in [0.2, 0.25) is 0 Å². The minimum atomic E-state index is -0.481. The Morgan fingerprint density at radius 1 is 0.333 bits per heavy atom. The van der Waals surface area contributed by atoms with Gasteiger partial charge in [0, 0.05) is 49.7 Å². The van der Waals surface area contributed by atoms with Gasteiger partial charge >= 0.3 is 0 Å². The van der Waals surface area contributed by atoms with Crippen molar-refractivity contribution in [2.24, 2.45) is 0 Å². The van der Waals surface area contributed by atoms with Crippen LogP contribution in [0.4, 0.5) is 17.1 Å². The first kappa shape index (κ1) is 44.3. The maximum absolute atomic E-state index is 6.62. The molecule has 0 atom stereocenters. The maximum Gasteiger partial charge on any atom is 0.164 e. The predicted octanol–water partition coefficient (Wildman–Crippen LogP) is 18.6. The van der Waals surface area contributed by atoms with Gasteiger partial charge in [-0.3, -0.25) is 0 Å². The van der Waals surface area contributed by atoms with Crippen LogP contribution in [0.5, 0.6) is 0 Å². The van der Waals surface area contributed by atoms with E-state index in [0.717, 1.165) is 66.8 Å². The van der Waals surface area contributed by atoms with E-state index < -0.39 is 5.41 Å². The Morgan fingerprint density at radius 2 is 0.795 bits per heavy atom. The molecule has 0 unspecified atom stereocenters. The summed E-state index contributed by atoms with van der Waals surface area (Å²) in [6, 6.07) is 92.2. The highest BCUT2D eigenvalue weighted by molar-refractivity contribution is 6.13. The van der Waals surface area contributed by atoms with Gasteiger partial charge in [-0.2, -0.15) is 0 Å². The van der Waals surface area contributed by atoms with E-state index in [9.17, 15) is 0 Å². The zero-order chi connectivity index (χ0) is 51.7. The standard InChI is InChI=1S/C73H48N4O/c1-72(2)56-29-13-11-26-52(56)67-60(72)33-18-35-62(67)77(63-36-19-34-61-68(63)53-27-12-16-32-59(53)73(61)57-30-14-9-24-50(57)51-25-10-15-31-58(51)73)49-41-38-45(39-42-49)48-40-43-64-55(44-48)66-54(28-17-37-65(66)78-64)71-75-69(46-20-5-3-6-21-46)74-70(76-71)47-22-7-4-8-23-47/h3-44H,1-2H3. The molecular formula is C73H48N4O. The summed E-state index contributed by atoms with van der Waals surface area (Å²) in [5.41, 5.74) is 24.8. The van der Waals surface area contributed by atoms with Gasteiger partial charge in [-0.1, -0.05) is 226 Å². The Hall–Kier alpha value is -9.97. The van der Waals surface area contributed by atoms with E-state index in [1.807, 2.05) is 72.8 Å². The fourth-order valence-corrected chi connectivity index (χ4v) is 13.6. The highest BCUT2D eigenvalue weighted by Crippen LogP contribution is 2.65. The largest absolute Gasteiger partial charge is 0.456 e. The summed E-state index contributed by atoms with van der Waals surface area (Å²) in [4.78, 5) is 17.8. The Labute approximate surface area is 452 Å². The molecule has 0 bridgehead atoms. The average Bonchev–Trinajstić information content (AvgIpc) is 3.72. The van der Waals surface area contributed by atoms with Crippen LogP contribution in [-0.4, -0.2) is 15.0 Å². The van der Waals surface area contributed by atoms with Crippen LogP contribution in [0.3, 0.4) is 0 Å². The summed E-state index contributed by atoms with van der Waals surface area (Å²) >= 11 is 0. The van der Waals surface area contributed by atoms with Crippen LogP contribution in [0.15, 0.2) is 259 Å². The molecule has 0 aliphatic heterocycles. The summed E-state index contributed by atoms with van der Waals surface area (Å²) in [7, 11) is 0. The Kier molecular flexibility index (Phi) is 9.53. The van der Waals surface area contributed by atoms with E-state index >= 15 is 0 Å². The molecule has 1 spiro atoms. The minimum Gasteiger partial charge on any atom is -0.456 e. The number of nitrogens with zero attached hydrogens (tertiary/aromatic N) is 4. The first-order valence-corrected chi connectivity index (χ1v) is 26.8. The van der Waals surface area contributed by atoms with Crippen molar-refractivity contribution in [1.29, 1.82) is 0 Å². The van der Waals surface area contributed by atoms with E-state index in [2.05, 4.69) is 201 Å². The normalized spacial score (nSPS) is 13.7. The van der Waals surface area contributed by atoms with Crippen molar-refractivity contribution in [2.75, 3.05) is 4.90 Å². The van der Waals surface area contributed by atoms with Gasteiger partial charge in [0.05, 0.1) is 16.8 Å². The first-order chi connectivity index (χ1) is 38.4. The van der Waals surface area contributed by atoms with Gasteiger partial charge in [0.2, 0.25) is 0 Å². The van der Waals surface area contributed by atoms with Crippen LogP contribution in [0, 0.1) is 0 Å². The maximum atomic E-state index is 6.62. The van der Waals surface area contributed by atoms with Crippen molar-refractivity contribution < 1.29 is 4.42 Å². The number of rotatable bonds is 7.